The number of benzene rings is 4. The standard InChI is InChI=1S/C50H64N6/c1-9-19-33-29-39-37(45-51-43(31-21-15-13-16-22-31)53-47(55-45)49(5,6)11-3)28-26-36-34(20-10-2)30-40-38(27-25-35(33)41(40)42(36)39)46-52-44(32-23-17-14-18-24-32)54-48(56-46)50(7,8)12-4/h25-32H,9-24H2,1-8H3. The van der Waals surface area contributed by atoms with Gasteiger partial charge >= 0.3 is 0 Å². The van der Waals surface area contributed by atoms with Crippen LogP contribution in [0.15, 0.2) is 36.4 Å². The molecule has 4 aromatic carbocycles. The molecule has 0 N–H and O–H groups in total. The van der Waals surface area contributed by atoms with E-state index in [0.717, 1.165) is 110 Å². The highest BCUT2D eigenvalue weighted by molar-refractivity contribution is 6.28. The Labute approximate surface area is 335 Å². The van der Waals surface area contributed by atoms with Crippen molar-refractivity contribution in [3.8, 4) is 22.8 Å². The van der Waals surface area contributed by atoms with Crippen LogP contribution in [0, 0.1) is 0 Å². The fourth-order valence-electron chi connectivity index (χ4n) is 9.49. The van der Waals surface area contributed by atoms with E-state index < -0.39 is 0 Å². The van der Waals surface area contributed by atoms with Crippen LogP contribution in [0.3, 0.4) is 0 Å². The van der Waals surface area contributed by atoms with Gasteiger partial charge in [0.25, 0.3) is 0 Å². The van der Waals surface area contributed by atoms with E-state index in [1.807, 2.05) is 0 Å². The smallest absolute Gasteiger partial charge is 0.163 e. The average Bonchev–Trinajstić information content (AvgIpc) is 3.23. The minimum absolute atomic E-state index is 0.145. The summed E-state index contributed by atoms with van der Waals surface area (Å²) in [5.41, 5.74) is 4.72. The van der Waals surface area contributed by atoms with Gasteiger partial charge in [0.05, 0.1) is 0 Å². The van der Waals surface area contributed by atoms with Gasteiger partial charge in [-0.05, 0) is 119 Å². The van der Waals surface area contributed by atoms with Gasteiger partial charge in [-0.15, -0.1) is 0 Å². The van der Waals surface area contributed by atoms with E-state index >= 15 is 0 Å². The molecule has 2 fully saturated rings. The topological polar surface area (TPSA) is 77.3 Å². The molecule has 2 aliphatic carbocycles. The van der Waals surface area contributed by atoms with Crippen molar-refractivity contribution in [1.29, 1.82) is 0 Å². The van der Waals surface area contributed by atoms with Gasteiger partial charge in [-0.3, -0.25) is 0 Å². The summed E-state index contributed by atoms with van der Waals surface area (Å²) >= 11 is 0. The van der Waals surface area contributed by atoms with Crippen LogP contribution in [-0.2, 0) is 23.7 Å². The molecule has 0 unspecified atom stereocenters. The minimum Gasteiger partial charge on any atom is -0.217 e. The van der Waals surface area contributed by atoms with E-state index in [1.54, 1.807) is 0 Å². The first-order chi connectivity index (χ1) is 27.1. The minimum atomic E-state index is -0.145. The van der Waals surface area contributed by atoms with Crippen LogP contribution in [0.1, 0.15) is 192 Å². The zero-order valence-electron chi connectivity index (χ0n) is 35.6. The van der Waals surface area contributed by atoms with Crippen LogP contribution < -0.4 is 0 Å². The third-order valence-electron chi connectivity index (χ3n) is 13.8. The zero-order valence-corrected chi connectivity index (χ0v) is 35.6. The van der Waals surface area contributed by atoms with E-state index in [1.165, 1.54) is 82.0 Å². The van der Waals surface area contributed by atoms with E-state index in [9.17, 15) is 0 Å². The van der Waals surface area contributed by atoms with Crippen molar-refractivity contribution in [2.24, 2.45) is 0 Å². The van der Waals surface area contributed by atoms with Gasteiger partial charge in [0.2, 0.25) is 0 Å². The van der Waals surface area contributed by atoms with Crippen LogP contribution in [0.5, 0.6) is 0 Å². The Morgan fingerprint density at radius 2 is 0.875 bits per heavy atom. The average molecular weight is 749 g/mol. The van der Waals surface area contributed by atoms with Gasteiger partial charge in [-0.25, -0.2) is 29.9 Å². The molecule has 0 spiro atoms. The largest absolute Gasteiger partial charge is 0.217 e. The molecule has 0 bridgehead atoms. The van der Waals surface area contributed by atoms with Crippen LogP contribution in [0.2, 0.25) is 0 Å². The summed E-state index contributed by atoms with van der Waals surface area (Å²) in [6.07, 6.45) is 18.4. The number of aryl methyl sites for hydroxylation is 2. The second-order valence-electron chi connectivity index (χ2n) is 18.6. The normalized spacial score (nSPS) is 16.5. The molecule has 0 amide bonds. The molecule has 2 aromatic heterocycles. The molecule has 2 heterocycles. The van der Waals surface area contributed by atoms with Gasteiger partial charge < -0.3 is 0 Å². The highest BCUT2D eigenvalue weighted by atomic mass is 15.1. The van der Waals surface area contributed by atoms with Gasteiger partial charge in [0.15, 0.2) is 11.6 Å². The Kier molecular flexibility index (Phi) is 10.9. The maximum absolute atomic E-state index is 5.40. The molecule has 2 saturated carbocycles. The Balaban J connectivity index is 1.43. The quantitative estimate of drug-likeness (QED) is 0.116. The molecule has 2 aliphatic rings. The second-order valence-corrected chi connectivity index (χ2v) is 18.6. The van der Waals surface area contributed by atoms with Crippen molar-refractivity contribution in [1.82, 2.24) is 29.9 Å². The Hall–Kier alpha value is -4.06. The Bertz CT molecular complexity index is 2180. The molecule has 6 heteroatoms. The van der Waals surface area contributed by atoms with Crippen LogP contribution in [0.4, 0.5) is 0 Å². The first-order valence-electron chi connectivity index (χ1n) is 22.4. The summed E-state index contributed by atoms with van der Waals surface area (Å²) in [6, 6.07) is 14.4. The molecule has 0 aliphatic heterocycles. The predicted octanol–water partition coefficient (Wildman–Crippen LogP) is 13.7. The second kappa shape index (κ2) is 15.7. The monoisotopic (exact) mass is 749 g/mol. The third-order valence-corrected chi connectivity index (χ3v) is 13.8. The third kappa shape index (κ3) is 7.08. The van der Waals surface area contributed by atoms with Crippen LogP contribution >= 0.6 is 0 Å². The van der Waals surface area contributed by atoms with Crippen molar-refractivity contribution in [3.63, 3.8) is 0 Å². The van der Waals surface area contributed by atoms with E-state index in [2.05, 4.69) is 91.8 Å². The number of nitrogens with zero attached hydrogens (tertiary/aromatic N) is 6. The van der Waals surface area contributed by atoms with Crippen molar-refractivity contribution >= 4 is 32.3 Å². The summed E-state index contributed by atoms with van der Waals surface area (Å²) in [5.74, 6) is 6.29. The molecule has 6 aromatic rings. The first-order valence-corrected chi connectivity index (χ1v) is 22.4. The molecular weight excluding hydrogens is 685 g/mol. The lowest BCUT2D eigenvalue weighted by atomic mass is 9.83. The van der Waals surface area contributed by atoms with Crippen molar-refractivity contribution < 1.29 is 0 Å². The summed E-state index contributed by atoms with van der Waals surface area (Å²) in [4.78, 5) is 32.0. The molecular formula is C50H64N6. The highest BCUT2D eigenvalue weighted by Gasteiger charge is 2.30. The lowest BCUT2D eigenvalue weighted by molar-refractivity contribution is 0.415. The Morgan fingerprint density at radius 3 is 1.23 bits per heavy atom. The fraction of sp³-hybridized carbons (Fsp3) is 0.560. The van der Waals surface area contributed by atoms with Crippen molar-refractivity contribution in [2.75, 3.05) is 0 Å². The van der Waals surface area contributed by atoms with Gasteiger partial charge in [0, 0.05) is 33.8 Å². The molecule has 8 rings (SSSR count). The zero-order chi connectivity index (χ0) is 39.2. The SMILES string of the molecule is CCCc1cc2c(-c3nc(C4CCCCC4)nc(C(C)(C)CC)n3)ccc3c(CCC)cc4c(-c5nc(C6CCCCC6)nc(C(C)(C)CC)n5)ccc1c4c32. The summed E-state index contributed by atoms with van der Waals surface area (Å²) in [7, 11) is 0. The Morgan fingerprint density at radius 1 is 0.482 bits per heavy atom. The van der Waals surface area contributed by atoms with Crippen LogP contribution in [0.25, 0.3) is 55.1 Å². The van der Waals surface area contributed by atoms with Crippen LogP contribution in [-0.4, -0.2) is 29.9 Å². The van der Waals surface area contributed by atoms with E-state index in [-0.39, 0.29) is 10.8 Å². The van der Waals surface area contributed by atoms with E-state index in [4.69, 9.17) is 29.9 Å². The van der Waals surface area contributed by atoms with E-state index in [0.29, 0.717) is 11.8 Å². The molecule has 0 saturated heterocycles. The van der Waals surface area contributed by atoms with Crippen molar-refractivity contribution in [2.45, 2.75) is 181 Å². The lowest BCUT2D eigenvalue weighted by Crippen LogP contribution is -2.23. The number of hydrogen-bond acceptors (Lipinski definition) is 6. The summed E-state index contributed by atoms with van der Waals surface area (Å²) in [6.45, 7) is 18.2. The maximum atomic E-state index is 5.40. The van der Waals surface area contributed by atoms with Gasteiger partial charge in [-0.2, -0.15) is 0 Å². The fourth-order valence-corrected chi connectivity index (χ4v) is 9.49. The molecule has 0 radical (unpaired) electrons. The number of aromatic nitrogens is 6. The number of hydrogen-bond donors (Lipinski definition) is 0. The predicted molar refractivity (Wildman–Crippen MR) is 234 cm³/mol. The summed E-state index contributed by atoms with van der Waals surface area (Å²) in [5, 5.41) is 7.84. The molecule has 56 heavy (non-hydrogen) atoms. The van der Waals surface area contributed by atoms with Crippen molar-refractivity contribution in [3.05, 3.63) is 70.8 Å². The molecule has 0 atom stereocenters. The lowest BCUT2D eigenvalue weighted by Gasteiger charge is -2.26. The maximum Gasteiger partial charge on any atom is 0.163 e. The van der Waals surface area contributed by atoms with Gasteiger partial charge in [0.1, 0.15) is 23.3 Å². The highest BCUT2D eigenvalue weighted by Crippen LogP contribution is 2.46. The van der Waals surface area contributed by atoms with Gasteiger partial charge in [-0.1, -0.05) is 119 Å². The summed E-state index contributed by atoms with van der Waals surface area (Å²) < 4.78 is 0. The first kappa shape index (κ1) is 38.8. The number of rotatable bonds is 12. The molecule has 294 valence electrons. The molecule has 6 nitrogen and oxygen atoms in total.